The van der Waals surface area contributed by atoms with Crippen LogP contribution in [-0.4, -0.2) is 5.91 Å². The van der Waals surface area contributed by atoms with Crippen LogP contribution in [0.2, 0.25) is 0 Å². The van der Waals surface area contributed by atoms with Crippen molar-refractivity contribution in [1.82, 2.24) is 5.32 Å². The Morgan fingerprint density at radius 1 is 0.767 bits per heavy atom. The van der Waals surface area contributed by atoms with Crippen LogP contribution in [0, 0.1) is 0 Å². The number of amides is 1. The molecule has 0 saturated carbocycles. The predicted octanol–water partition coefficient (Wildman–Crippen LogP) is 5.78. The van der Waals surface area contributed by atoms with E-state index in [0.29, 0.717) is 6.42 Å². The molecule has 0 aromatic heterocycles. The second kappa shape index (κ2) is 8.16. The average molecular weight is 392 g/mol. The Kier molecular flexibility index (Phi) is 5.06. The molecule has 0 unspecified atom stereocenters. The molecule has 148 valence electrons. The normalized spacial score (nSPS) is 13.3. The third-order valence-corrected chi connectivity index (χ3v) is 6.14. The number of carbonyl (C=O) groups is 1. The molecule has 0 bridgehead atoms. The number of aryl methyl sites for hydroxylation is 3. The van der Waals surface area contributed by atoms with Crippen molar-refractivity contribution in [1.29, 1.82) is 0 Å². The molecule has 1 aliphatic rings. The molecular formula is C28H25NO. The first-order valence-corrected chi connectivity index (χ1v) is 10.7. The van der Waals surface area contributed by atoms with E-state index in [2.05, 4.69) is 59.9 Å². The Morgan fingerprint density at radius 2 is 1.47 bits per heavy atom. The summed E-state index contributed by atoms with van der Waals surface area (Å²) in [6.07, 6.45) is 3.44. The van der Waals surface area contributed by atoms with E-state index in [1.54, 1.807) is 0 Å². The second-order valence-electron chi connectivity index (χ2n) is 8.05. The van der Waals surface area contributed by atoms with E-state index < -0.39 is 0 Å². The summed E-state index contributed by atoms with van der Waals surface area (Å²) in [7, 11) is 0. The van der Waals surface area contributed by atoms with E-state index in [9.17, 15) is 4.79 Å². The maximum Gasteiger partial charge on any atom is 0.221 e. The van der Waals surface area contributed by atoms with E-state index >= 15 is 0 Å². The lowest BCUT2D eigenvalue weighted by atomic mass is 9.91. The van der Waals surface area contributed by atoms with Gasteiger partial charge >= 0.3 is 0 Å². The number of benzene rings is 4. The van der Waals surface area contributed by atoms with Gasteiger partial charge in [-0.2, -0.15) is 0 Å². The lowest BCUT2D eigenvalue weighted by Crippen LogP contribution is -2.29. The van der Waals surface area contributed by atoms with Gasteiger partial charge in [-0.15, -0.1) is 0 Å². The minimum Gasteiger partial charge on any atom is -0.345 e. The fraction of sp³-hybridized carbons (Fsp3) is 0.179. The topological polar surface area (TPSA) is 29.1 Å². The van der Waals surface area contributed by atoms with Gasteiger partial charge in [0.15, 0.2) is 0 Å². The van der Waals surface area contributed by atoms with E-state index in [1.165, 1.54) is 33.0 Å². The van der Waals surface area contributed by atoms with Crippen molar-refractivity contribution in [3.63, 3.8) is 0 Å². The number of carbonyl (C=O) groups excluding carboxylic acids is 1. The van der Waals surface area contributed by atoms with Crippen molar-refractivity contribution in [2.24, 2.45) is 0 Å². The number of hydrogen-bond acceptors (Lipinski definition) is 1. The summed E-state index contributed by atoms with van der Waals surface area (Å²) in [5.74, 6) is 0.0796. The van der Waals surface area contributed by atoms with Crippen molar-refractivity contribution in [3.8, 4) is 0 Å². The molecule has 0 aliphatic heterocycles. The molecule has 4 aromatic carbocycles. The fourth-order valence-electron chi connectivity index (χ4n) is 4.64. The molecule has 2 nitrogen and oxygen atoms in total. The summed E-state index contributed by atoms with van der Waals surface area (Å²) in [5, 5.41) is 5.98. The molecule has 0 radical (unpaired) electrons. The van der Waals surface area contributed by atoms with Crippen LogP contribution in [0.3, 0.4) is 0 Å². The first-order valence-electron chi connectivity index (χ1n) is 10.7. The molecule has 0 saturated heterocycles. The van der Waals surface area contributed by atoms with Crippen LogP contribution in [0.1, 0.15) is 40.3 Å². The second-order valence-corrected chi connectivity index (χ2v) is 8.05. The summed E-state index contributed by atoms with van der Waals surface area (Å²) in [5.41, 5.74) is 6.33. The minimum atomic E-state index is -0.153. The Balaban J connectivity index is 1.48. The highest BCUT2D eigenvalue weighted by atomic mass is 16.1. The number of rotatable bonds is 6. The van der Waals surface area contributed by atoms with Crippen molar-refractivity contribution in [3.05, 3.63) is 119 Å². The summed E-state index contributed by atoms with van der Waals surface area (Å²) in [6, 6.07) is 31.4. The molecule has 1 amide bonds. The van der Waals surface area contributed by atoms with E-state index in [4.69, 9.17) is 0 Å². The van der Waals surface area contributed by atoms with Gasteiger partial charge in [-0.25, -0.2) is 0 Å². The van der Waals surface area contributed by atoms with Gasteiger partial charge in [0.05, 0.1) is 6.04 Å². The molecule has 2 heteroatoms. The van der Waals surface area contributed by atoms with Crippen LogP contribution in [0.5, 0.6) is 0 Å². The highest BCUT2D eigenvalue weighted by Gasteiger charge is 2.22. The van der Waals surface area contributed by atoms with Crippen molar-refractivity contribution < 1.29 is 4.79 Å². The average Bonchev–Trinajstić information content (AvgIpc) is 3.23. The fourth-order valence-corrected chi connectivity index (χ4v) is 4.64. The molecule has 0 heterocycles. The van der Waals surface area contributed by atoms with Crippen molar-refractivity contribution >= 4 is 16.7 Å². The molecule has 0 spiro atoms. The summed E-state index contributed by atoms with van der Waals surface area (Å²) in [4.78, 5) is 12.9. The number of hydrogen-bond donors (Lipinski definition) is 1. The standard InChI is InChI=1S/C28H25NO/c30-26(19-14-20-8-3-1-4-9-20)29-28(23-10-5-2-6-11-23)25-18-17-22-16-15-21-12-7-13-24(25)27(21)22/h1-13,17-18,28H,14-16,19H2,(H,29,30)/t28-/m1/s1. The monoisotopic (exact) mass is 391 g/mol. The molecule has 0 fully saturated rings. The van der Waals surface area contributed by atoms with Crippen LogP contribution in [-0.2, 0) is 24.1 Å². The van der Waals surface area contributed by atoms with Gasteiger partial charge in [0, 0.05) is 6.42 Å². The molecule has 5 rings (SSSR count). The minimum absolute atomic E-state index is 0.0796. The molecule has 1 N–H and O–H groups in total. The summed E-state index contributed by atoms with van der Waals surface area (Å²) < 4.78 is 0. The Morgan fingerprint density at radius 3 is 2.23 bits per heavy atom. The van der Waals surface area contributed by atoms with Gasteiger partial charge in [0.2, 0.25) is 5.91 Å². The first kappa shape index (κ1) is 18.6. The summed E-state index contributed by atoms with van der Waals surface area (Å²) >= 11 is 0. The maximum atomic E-state index is 12.9. The zero-order valence-corrected chi connectivity index (χ0v) is 17.0. The largest absolute Gasteiger partial charge is 0.345 e. The summed E-state index contributed by atoms with van der Waals surface area (Å²) in [6.45, 7) is 0. The molecule has 30 heavy (non-hydrogen) atoms. The first-order chi connectivity index (χ1) is 14.8. The quantitative estimate of drug-likeness (QED) is 0.444. The highest BCUT2D eigenvalue weighted by Crippen LogP contribution is 2.36. The van der Waals surface area contributed by atoms with E-state index in [0.717, 1.165) is 24.8 Å². The van der Waals surface area contributed by atoms with Crippen LogP contribution in [0.15, 0.2) is 91.0 Å². The molecule has 1 atom stereocenters. The van der Waals surface area contributed by atoms with Crippen LogP contribution in [0.4, 0.5) is 0 Å². The van der Waals surface area contributed by atoms with Gasteiger partial charge in [-0.05, 0) is 57.9 Å². The van der Waals surface area contributed by atoms with E-state index in [1.807, 2.05) is 36.4 Å². The predicted molar refractivity (Wildman–Crippen MR) is 123 cm³/mol. The van der Waals surface area contributed by atoms with Crippen LogP contribution >= 0.6 is 0 Å². The van der Waals surface area contributed by atoms with Crippen LogP contribution in [0.25, 0.3) is 10.8 Å². The zero-order valence-electron chi connectivity index (χ0n) is 17.0. The van der Waals surface area contributed by atoms with Gasteiger partial charge in [-0.1, -0.05) is 91.0 Å². The molecule has 4 aromatic rings. The highest BCUT2D eigenvalue weighted by molar-refractivity contribution is 5.94. The van der Waals surface area contributed by atoms with Crippen molar-refractivity contribution in [2.45, 2.75) is 31.7 Å². The lowest BCUT2D eigenvalue weighted by molar-refractivity contribution is -0.121. The Labute approximate surface area is 177 Å². The lowest BCUT2D eigenvalue weighted by Gasteiger charge is -2.22. The SMILES string of the molecule is O=C(CCc1ccccc1)N[C@H](c1ccccc1)c1ccc2c3c(cccc13)CC2. The number of nitrogens with one attached hydrogen (secondary N) is 1. The zero-order chi connectivity index (χ0) is 20.3. The van der Waals surface area contributed by atoms with Gasteiger partial charge in [0.1, 0.15) is 0 Å². The molecule has 1 aliphatic carbocycles. The smallest absolute Gasteiger partial charge is 0.221 e. The molecular weight excluding hydrogens is 366 g/mol. The van der Waals surface area contributed by atoms with Gasteiger partial charge in [0.25, 0.3) is 0 Å². The maximum absolute atomic E-state index is 12.9. The van der Waals surface area contributed by atoms with E-state index in [-0.39, 0.29) is 11.9 Å². The third kappa shape index (κ3) is 3.61. The van der Waals surface area contributed by atoms with Gasteiger partial charge < -0.3 is 5.32 Å². The third-order valence-electron chi connectivity index (χ3n) is 6.14. The van der Waals surface area contributed by atoms with Crippen LogP contribution < -0.4 is 5.32 Å². The van der Waals surface area contributed by atoms with Gasteiger partial charge in [-0.3, -0.25) is 4.79 Å². The van der Waals surface area contributed by atoms with Crippen molar-refractivity contribution in [2.75, 3.05) is 0 Å². The Bertz CT molecular complexity index is 1170. The Hall–Kier alpha value is -3.39.